The van der Waals surface area contributed by atoms with Crippen LogP contribution in [0.3, 0.4) is 0 Å². The number of guanidine groups is 1. The second-order valence-electron chi connectivity index (χ2n) is 7.03. The Labute approximate surface area is 135 Å². The Morgan fingerprint density at radius 2 is 2.00 bits per heavy atom. The molecule has 0 aromatic heterocycles. The Bertz CT molecular complexity index is 476. The van der Waals surface area contributed by atoms with Crippen molar-refractivity contribution < 1.29 is 0 Å². The first kappa shape index (κ1) is 16.7. The third-order valence-electron chi connectivity index (χ3n) is 3.75. The summed E-state index contributed by atoms with van der Waals surface area (Å²) in [5.74, 6) is 1.56. The smallest absolute Gasteiger partial charge is 0.191 e. The molecule has 22 heavy (non-hydrogen) atoms. The van der Waals surface area contributed by atoms with Gasteiger partial charge in [-0.1, -0.05) is 18.2 Å². The standard InChI is InChI=1S/C18H30N4/c1-5-19-17(21-18(2,3)4)20-13-15-11-12-22(14-15)16-9-7-6-8-10-16/h6-10,15H,5,11-14H2,1-4H3,(H2,19,20,21). The van der Waals surface area contributed by atoms with Gasteiger partial charge in [0.1, 0.15) is 0 Å². The van der Waals surface area contributed by atoms with E-state index in [2.05, 4.69) is 73.6 Å². The highest BCUT2D eigenvalue weighted by Crippen LogP contribution is 2.23. The van der Waals surface area contributed by atoms with Crippen LogP contribution in [0.15, 0.2) is 35.3 Å². The van der Waals surface area contributed by atoms with Crippen LogP contribution in [-0.2, 0) is 0 Å². The SMILES string of the molecule is CCNC(=NCC1CCN(c2ccccc2)C1)NC(C)(C)C. The van der Waals surface area contributed by atoms with Crippen molar-refractivity contribution in [1.82, 2.24) is 10.6 Å². The molecule has 2 rings (SSSR count). The van der Waals surface area contributed by atoms with Crippen molar-refractivity contribution in [3.8, 4) is 0 Å². The van der Waals surface area contributed by atoms with Gasteiger partial charge in [0, 0.05) is 37.4 Å². The van der Waals surface area contributed by atoms with Crippen molar-refractivity contribution in [1.29, 1.82) is 0 Å². The molecule has 1 aliphatic heterocycles. The topological polar surface area (TPSA) is 39.7 Å². The van der Waals surface area contributed by atoms with E-state index >= 15 is 0 Å². The first-order valence-electron chi connectivity index (χ1n) is 8.34. The lowest BCUT2D eigenvalue weighted by atomic mass is 10.1. The Kier molecular flexibility index (Phi) is 5.69. The molecule has 0 radical (unpaired) electrons. The van der Waals surface area contributed by atoms with Crippen LogP contribution >= 0.6 is 0 Å². The fraction of sp³-hybridized carbons (Fsp3) is 0.611. The number of aliphatic imine (C=N–C) groups is 1. The Balaban J connectivity index is 1.89. The molecule has 1 aromatic carbocycles. The van der Waals surface area contributed by atoms with Crippen molar-refractivity contribution in [3.63, 3.8) is 0 Å². The fourth-order valence-corrected chi connectivity index (χ4v) is 2.74. The van der Waals surface area contributed by atoms with Crippen LogP contribution in [-0.4, -0.2) is 37.7 Å². The van der Waals surface area contributed by atoms with E-state index in [1.165, 1.54) is 12.1 Å². The highest BCUT2D eigenvalue weighted by molar-refractivity contribution is 5.80. The zero-order chi connectivity index (χ0) is 16.0. The van der Waals surface area contributed by atoms with Gasteiger partial charge in [-0.3, -0.25) is 4.99 Å². The number of para-hydroxylation sites is 1. The second-order valence-corrected chi connectivity index (χ2v) is 7.03. The number of rotatable bonds is 4. The van der Waals surface area contributed by atoms with Gasteiger partial charge < -0.3 is 15.5 Å². The van der Waals surface area contributed by atoms with Crippen LogP contribution in [0.2, 0.25) is 0 Å². The highest BCUT2D eigenvalue weighted by atomic mass is 15.2. The fourth-order valence-electron chi connectivity index (χ4n) is 2.74. The Morgan fingerprint density at radius 1 is 1.27 bits per heavy atom. The van der Waals surface area contributed by atoms with E-state index < -0.39 is 0 Å². The molecule has 1 heterocycles. The van der Waals surface area contributed by atoms with Gasteiger partial charge in [0.15, 0.2) is 5.96 Å². The van der Waals surface area contributed by atoms with Crippen molar-refractivity contribution in [2.24, 2.45) is 10.9 Å². The maximum Gasteiger partial charge on any atom is 0.191 e. The predicted octanol–water partition coefficient (Wildman–Crippen LogP) is 2.87. The van der Waals surface area contributed by atoms with Gasteiger partial charge in [-0.05, 0) is 52.2 Å². The normalized spacial score (nSPS) is 19.4. The van der Waals surface area contributed by atoms with Gasteiger partial charge in [-0.2, -0.15) is 0 Å². The van der Waals surface area contributed by atoms with Crippen LogP contribution in [0.1, 0.15) is 34.1 Å². The van der Waals surface area contributed by atoms with Gasteiger partial charge in [-0.25, -0.2) is 0 Å². The molecule has 1 atom stereocenters. The summed E-state index contributed by atoms with van der Waals surface area (Å²) in [6.07, 6.45) is 1.22. The molecule has 1 saturated heterocycles. The van der Waals surface area contributed by atoms with E-state index in [-0.39, 0.29) is 5.54 Å². The zero-order valence-corrected chi connectivity index (χ0v) is 14.4. The van der Waals surface area contributed by atoms with Gasteiger partial charge in [0.05, 0.1) is 0 Å². The van der Waals surface area contributed by atoms with E-state index in [4.69, 9.17) is 4.99 Å². The average molecular weight is 302 g/mol. The summed E-state index contributed by atoms with van der Waals surface area (Å²) in [5.41, 5.74) is 1.36. The molecule has 0 amide bonds. The van der Waals surface area contributed by atoms with Crippen LogP contribution in [0.4, 0.5) is 5.69 Å². The van der Waals surface area contributed by atoms with Gasteiger partial charge in [-0.15, -0.1) is 0 Å². The van der Waals surface area contributed by atoms with Crippen molar-refractivity contribution in [3.05, 3.63) is 30.3 Å². The van der Waals surface area contributed by atoms with Gasteiger partial charge in [0.25, 0.3) is 0 Å². The largest absolute Gasteiger partial charge is 0.371 e. The molecule has 4 heteroatoms. The second kappa shape index (κ2) is 7.52. The maximum atomic E-state index is 4.78. The third-order valence-corrected chi connectivity index (χ3v) is 3.75. The summed E-state index contributed by atoms with van der Waals surface area (Å²) in [6.45, 7) is 12.6. The predicted molar refractivity (Wildman–Crippen MR) is 95.6 cm³/mol. The minimum atomic E-state index is 0.0345. The lowest BCUT2D eigenvalue weighted by Gasteiger charge is -2.24. The number of benzene rings is 1. The molecule has 1 aliphatic rings. The minimum absolute atomic E-state index is 0.0345. The summed E-state index contributed by atoms with van der Waals surface area (Å²) in [6, 6.07) is 10.7. The summed E-state index contributed by atoms with van der Waals surface area (Å²) in [7, 11) is 0. The quantitative estimate of drug-likeness (QED) is 0.663. The molecule has 122 valence electrons. The molecule has 1 unspecified atom stereocenters. The van der Waals surface area contributed by atoms with E-state index in [9.17, 15) is 0 Å². The summed E-state index contributed by atoms with van der Waals surface area (Å²) >= 11 is 0. The molecule has 1 fully saturated rings. The monoisotopic (exact) mass is 302 g/mol. The average Bonchev–Trinajstić information content (AvgIpc) is 2.93. The van der Waals surface area contributed by atoms with Gasteiger partial charge >= 0.3 is 0 Å². The molecule has 0 aliphatic carbocycles. The number of hydrogen-bond donors (Lipinski definition) is 2. The first-order valence-corrected chi connectivity index (χ1v) is 8.34. The van der Waals surface area contributed by atoms with Crippen LogP contribution in [0.25, 0.3) is 0 Å². The minimum Gasteiger partial charge on any atom is -0.371 e. The Hall–Kier alpha value is -1.71. The molecule has 0 saturated carbocycles. The molecule has 1 aromatic rings. The summed E-state index contributed by atoms with van der Waals surface area (Å²) < 4.78 is 0. The highest BCUT2D eigenvalue weighted by Gasteiger charge is 2.22. The summed E-state index contributed by atoms with van der Waals surface area (Å²) in [4.78, 5) is 7.24. The van der Waals surface area contributed by atoms with Crippen LogP contribution in [0.5, 0.6) is 0 Å². The lowest BCUT2D eigenvalue weighted by molar-refractivity contribution is 0.498. The van der Waals surface area contributed by atoms with Crippen molar-refractivity contribution in [2.45, 2.75) is 39.7 Å². The molecule has 4 nitrogen and oxygen atoms in total. The van der Waals surface area contributed by atoms with E-state index in [0.717, 1.165) is 32.1 Å². The molecule has 0 spiro atoms. The van der Waals surface area contributed by atoms with E-state index in [1.54, 1.807) is 0 Å². The number of nitrogens with one attached hydrogen (secondary N) is 2. The van der Waals surface area contributed by atoms with E-state index in [1.807, 2.05) is 0 Å². The number of nitrogens with zero attached hydrogens (tertiary/aromatic N) is 2. The van der Waals surface area contributed by atoms with E-state index in [0.29, 0.717) is 5.92 Å². The molecular weight excluding hydrogens is 272 g/mol. The Morgan fingerprint density at radius 3 is 2.64 bits per heavy atom. The molecule has 0 bridgehead atoms. The number of anilines is 1. The zero-order valence-electron chi connectivity index (χ0n) is 14.4. The van der Waals surface area contributed by atoms with Crippen molar-refractivity contribution in [2.75, 3.05) is 31.1 Å². The number of hydrogen-bond acceptors (Lipinski definition) is 2. The summed E-state index contributed by atoms with van der Waals surface area (Å²) in [5, 5.41) is 6.78. The van der Waals surface area contributed by atoms with Crippen LogP contribution in [0, 0.1) is 5.92 Å². The first-order chi connectivity index (χ1) is 10.5. The van der Waals surface area contributed by atoms with Gasteiger partial charge in [0.2, 0.25) is 0 Å². The maximum absolute atomic E-state index is 4.78. The van der Waals surface area contributed by atoms with Crippen molar-refractivity contribution >= 4 is 11.6 Å². The molecular formula is C18H30N4. The lowest BCUT2D eigenvalue weighted by Crippen LogP contribution is -2.47. The van der Waals surface area contributed by atoms with Crippen LogP contribution < -0.4 is 15.5 Å². The molecule has 2 N–H and O–H groups in total. The third kappa shape index (κ3) is 5.24.